The SMILES string of the molecule is CCN1CCc2nc(-c3ncn[nH]3)sc2C1. The van der Waals surface area contributed by atoms with Crippen LogP contribution in [-0.2, 0) is 13.0 Å². The predicted octanol–water partition coefficient (Wildman–Crippen LogP) is 1.31. The zero-order valence-corrected chi connectivity index (χ0v) is 9.92. The highest BCUT2D eigenvalue weighted by Crippen LogP contribution is 2.29. The molecule has 84 valence electrons. The predicted molar refractivity (Wildman–Crippen MR) is 62.1 cm³/mol. The monoisotopic (exact) mass is 235 g/mol. The van der Waals surface area contributed by atoms with Crippen LogP contribution in [0.15, 0.2) is 6.33 Å². The van der Waals surface area contributed by atoms with E-state index in [2.05, 4.69) is 32.0 Å². The Morgan fingerprint density at radius 2 is 2.50 bits per heavy atom. The van der Waals surface area contributed by atoms with E-state index < -0.39 is 0 Å². The van der Waals surface area contributed by atoms with Gasteiger partial charge in [-0.1, -0.05) is 6.92 Å². The van der Waals surface area contributed by atoms with Crippen molar-refractivity contribution >= 4 is 11.3 Å². The van der Waals surface area contributed by atoms with Gasteiger partial charge < -0.3 is 0 Å². The van der Waals surface area contributed by atoms with E-state index in [4.69, 9.17) is 0 Å². The highest BCUT2D eigenvalue weighted by Gasteiger charge is 2.20. The number of nitrogens with one attached hydrogen (secondary N) is 1. The van der Waals surface area contributed by atoms with E-state index >= 15 is 0 Å². The average molecular weight is 235 g/mol. The van der Waals surface area contributed by atoms with Gasteiger partial charge >= 0.3 is 0 Å². The first-order chi connectivity index (χ1) is 7.86. The summed E-state index contributed by atoms with van der Waals surface area (Å²) in [5.74, 6) is 0.780. The van der Waals surface area contributed by atoms with Crippen molar-refractivity contribution in [2.45, 2.75) is 19.9 Å². The number of H-pyrrole nitrogens is 1. The zero-order valence-electron chi connectivity index (χ0n) is 9.10. The van der Waals surface area contributed by atoms with Gasteiger partial charge in [-0.05, 0) is 6.54 Å². The van der Waals surface area contributed by atoms with Gasteiger partial charge in [-0.25, -0.2) is 9.97 Å². The van der Waals surface area contributed by atoms with Crippen LogP contribution in [0.5, 0.6) is 0 Å². The Kier molecular flexibility index (Phi) is 2.45. The lowest BCUT2D eigenvalue weighted by molar-refractivity contribution is 0.270. The van der Waals surface area contributed by atoms with E-state index in [1.807, 2.05) is 0 Å². The fourth-order valence-corrected chi connectivity index (χ4v) is 3.02. The van der Waals surface area contributed by atoms with Crippen molar-refractivity contribution in [3.05, 3.63) is 16.9 Å². The molecule has 1 aliphatic rings. The molecule has 16 heavy (non-hydrogen) atoms. The lowest BCUT2D eigenvalue weighted by Crippen LogP contribution is -2.29. The van der Waals surface area contributed by atoms with Crippen molar-refractivity contribution < 1.29 is 0 Å². The molecule has 5 nitrogen and oxygen atoms in total. The normalized spacial score (nSPS) is 16.3. The summed E-state index contributed by atoms with van der Waals surface area (Å²) in [7, 11) is 0. The molecule has 0 aliphatic carbocycles. The van der Waals surface area contributed by atoms with Crippen molar-refractivity contribution in [1.29, 1.82) is 0 Å². The minimum atomic E-state index is 0.780. The van der Waals surface area contributed by atoms with E-state index in [0.717, 1.165) is 36.9 Å². The van der Waals surface area contributed by atoms with Gasteiger partial charge in [0.2, 0.25) is 0 Å². The third-order valence-electron chi connectivity index (χ3n) is 2.88. The molecule has 1 N–H and O–H groups in total. The zero-order chi connectivity index (χ0) is 11.0. The summed E-state index contributed by atoms with van der Waals surface area (Å²) in [5.41, 5.74) is 1.24. The Labute approximate surface area is 97.5 Å². The van der Waals surface area contributed by atoms with Crippen LogP contribution in [-0.4, -0.2) is 38.2 Å². The number of rotatable bonds is 2. The summed E-state index contributed by atoms with van der Waals surface area (Å²) in [6.07, 6.45) is 2.57. The first-order valence-corrected chi connectivity index (χ1v) is 6.25. The molecule has 0 amide bonds. The molecular formula is C10H13N5S. The maximum absolute atomic E-state index is 4.62. The molecule has 1 aliphatic heterocycles. The van der Waals surface area contributed by atoms with Crippen LogP contribution >= 0.6 is 11.3 Å². The van der Waals surface area contributed by atoms with Crippen molar-refractivity contribution in [3.63, 3.8) is 0 Å². The first-order valence-electron chi connectivity index (χ1n) is 5.43. The number of nitrogens with zero attached hydrogens (tertiary/aromatic N) is 4. The van der Waals surface area contributed by atoms with Crippen LogP contribution in [0, 0.1) is 0 Å². The van der Waals surface area contributed by atoms with Crippen LogP contribution in [0.4, 0.5) is 0 Å². The summed E-state index contributed by atoms with van der Waals surface area (Å²) < 4.78 is 0. The molecule has 0 unspecified atom stereocenters. The second kappa shape index (κ2) is 3.95. The standard InChI is InChI=1S/C10H13N5S/c1-2-15-4-3-7-8(5-15)16-10(13-7)9-11-6-12-14-9/h6H,2-5H2,1H3,(H,11,12,14). The number of hydrogen-bond acceptors (Lipinski definition) is 5. The number of likely N-dealkylation sites (N-methyl/N-ethyl adjacent to an activating group) is 1. The fraction of sp³-hybridized carbons (Fsp3) is 0.500. The topological polar surface area (TPSA) is 57.7 Å². The maximum Gasteiger partial charge on any atom is 0.184 e. The van der Waals surface area contributed by atoms with Gasteiger partial charge in [0.15, 0.2) is 10.8 Å². The molecule has 0 saturated carbocycles. The van der Waals surface area contributed by atoms with Crippen molar-refractivity contribution in [2.75, 3.05) is 13.1 Å². The Morgan fingerprint density at radius 1 is 1.56 bits per heavy atom. The van der Waals surface area contributed by atoms with Gasteiger partial charge in [-0.2, -0.15) is 5.10 Å². The van der Waals surface area contributed by atoms with Gasteiger partial charge in [-0.3, -0.25) is 10.00 Å². The maximum atomic E-state index is 4.62. The van der Waals surface area contributed by atoms with Crippen molar-refractivity contribution in [2.24, 2.45) is 0 Å². The molecule has 0 bridgehead atoms. The third-order valence-corrected chi connectivity index (χ3v) is 3.96. The number of aromatic amines is 1. The van der Waals surface area contributed by atoms with Gasteiger partial charge in [0.05, 0.1) is 5.69 Å². The molecule has 3 rings (SSSR count). The molecule has 0 radical (unpaired) electrons. The van der Waals surface area contributed by atoms with E-state index in [1.54, 1.807) is 11.3 Å². The summed E-state index contributed by atoms with van der Waals surface area (Å²) in [6, 6.07) is 0. The average Bonchev–Trinajstić information content (AvgIpc) is 2.96. The lowest BCUT2D eigenvalue weighted by atomic mass is 10.2. The largest absolute Gasteiger partial charge is 0.298 e. The third kappa shape index (κ3) is 1.64. The smallest absolute Gasteiger partial charge is 0.184 e. The molecule has 2 aromatic heterocycles. The summed E-state index contributed by atoms with van der Waals surface area (Å²) in [4.78, 5) is 12.6. The van der Waals surface area contributed by atoms with E-state index in [9.17, 15) is 0 Å². The Hall–Kier alpha value is -1.27. The van der Waals surface area contributed by atoms with Gasteiger partial charge in [0.25, 0.3) is 0 Å². The van der Waals surface area contributed by atoms with Crippen LogP contribution in [0.3, 0.4) is 0 Å². The number of aromatic nitrogens is 4. The molecule has 0 saturated heterocycles. The molecule has 2 aromatic rings. The highest BCUT2D eigenvalue weighted by molar-refractivity contribution is 7.15. The number of hydrogen-bond donors (Lipinski definition) is 1. The fourth-order valence-electron chi connectivity index (χ4n) is 1.93. The number of thiazole rings is 1. The summed E-state index contributed by atoms with van der Waals surface area (Å²) >= 11 is 1.73. The number of fused-ring (bicyclic) bond motifs is 1. The van der Waals surface area contributed by atoms with Gasteiger partial charge in [0.1, 0.15) is 6.33 Å². The van der Waals surface area contributed by atoms with Crippen LogP contribution in [0.2, 0.25) is 0 Å². The van der Waals surface area contributed by atoms with Gasteiger partial charge in [-0.15, -0.1) is 11.3 Å². The Morgan fingerprint density at radius 3 is 3.25 bits per heavy atom. The minimum absolute atomic E-state index is 0.780. The highest BCUT2D eigenvalue weighted by atomic mass is 32.1. The van der Waals surface area contributed by atoms with E-state index in [0.29, 0.717) is 0 Å². The van der Waals surface area contributed by atoms with E-state index in [1.165, 1.54) is 16.9 Å². The molecule has 0 aromatic carbocycles. The van der Waals surface area contributed by atoms with Crippen LogP contribution in [0.1, 0.15) is 17.5 Å². The van der Waals surface area contributed by atoms with Crippen LogP contribution in [0.25, 0.3) is 10.8 Å². The van der Waals surface area contributed by atoms with Crippen LogP contribution < -0.4 is 0 Å². The van der Waals surface area contributed by atoms with Gasteiger partial charge in [0, 0.05) is 24.4 Å². The molecule has 0 fully saturated rings. The summed E-state index contributed by atoms with van der Waals surface area (Å²) in [6.45, 7) is 5.44. The molecule has 0 atom stereocenters. The first kappa shape index (κ1) is 9.92. The Bertz CT molecular complexity index is 475. The minimum Gasteiger partial charge on any atom is -0.298 e. The molecule has 3 heterocycles. The second-order valence-corrected chi connectivity index (χ2v) is 4.93. The second-order valence-electron chi connectivity index (χ2n) is 3.84. The molecule has 6 heteroatoms. The quantitative estimate of drug-likeness (QED) is 0.852. The molecule has 0 spiro atoms. The molecular weight excluding hydrogens is 222 g/mol. The summed E-state index contributed by atoms with van der Waals surface area (Å²) in [5, 5.41) is 7.68. The van der Waals surface area contributed by atoms with Crippen molar-refractivity contribution in [1.82, 2.24) is 25.1 Å². The van der Waals surface area contributed by atoms with Crippen molar-refractivity contribution in [3.8, 4) is 10.8 Å². The Balaban J connectivity index is 1.92. The lowest BCUT2D eigenvalue weighted by Gasteiger charge is -2.23. The van der Waals surface area contributed by atoms with E-state index in [-0.39, 0.29) is 0 Å².